The minimum absolute atomic E-state index is 0.0896. The fourth-order valence-electron chi connectivity index (χ4n) is 3.27. The zero-order chi connectivity index (χ0) is 17.6. The number of hydrogen-bond donors (Lipinski definition) is 1. The van der Waals surface area contributed by atoms with Gasteiger partial charge in [-0.25, -0.2) is 0 Å². The molecule has 0 unspecified atom stereocenters. The molecular formula is C20H24N2O3. The van der Waals surface area contributed by atoms with Crippen LogP contribution in [0.1, 0.15) is 16.8 Å². The Bertz CT molecular complexity index is 732. The van der Waals surface area contributed by atoms with Gasteiger partial charge in [-0.05, 0) is 36.6 Å². The standard InChI is InChI=1S/C20H24N2O3/c1-24-18-9-5-3-7-16(18)20(23)21-13-15-11-12-22(14-15)17-8-4-6-10-19(17)25-2/h3-10,15H,11-14H2,1-2H3,(H,21,23)/t15-/m1/s1. The average Bonchev–Trinajstić information content (AvgIpc) is 3.14. The van der Waals surface area contributed by atoms with E-state index >= 15 is 0 Å². The number of benzene rings is 2. The van der Waals surface area contributed by atoms with E-state index in [2.05, 4.69) is 16.3 Å². The number of hydrogen-bond acceptors (Lipinski definition) is 4. The lowest BCUT2D eigenvalue weighted by atomic mass is 10.1. The monoisotopic (exact) mass is 340 g/mol. The topological polar surface area (TPSA) is 50.8 Å². The van der Waals surface area contributed by atoms with Crippen LogP contribution in [0.3, 0.4) is 0 Å². The molecule has 1 heterocycles. The van der Waals surface area contributed by atoms with Crippen LogP contribution in [0, 0.1) is 5.92 Å². The Balaban J connectivity index is 1.58. The van der Waals surface area contributed by atoms with Crippen molar-refractivity contribution in [2.75, 3.05) is 38.8 Å². The van der Waals surface area contributed by atoms with Crippen molar-refractivity contribution in [3.05, 3.63) is 54.1 Å². The Kier molecular flexibility index (Phi) is 5.43. The summed E-state index contributed by atoms with van der Waals surface area (Å²) in [7, 11) is 3.27. The van der Waals surface area contributed by atoms with Gasteiger partial charge >= 0.3 is 0 Å². The molecule has 2 aromatic carbocycles. The Hall–Kier alpha value is -2.69. The molecule has 0 aliphatic carbocycles. The van der Waals surface area contributed by atoms with E-state index in [1.165, 1.54) is 0 Å². The van der Waals surface area contributed by atoms with Crippen LogP contribution in [-0.2, 0) is 0 Å². The smallest absolute Gasteiger partial charge is 0.255 e. The van der Waals surface area contributed by atoms with Gasteiger partial charge in [-0.1, -0.05) is 24.3 Å². The van der Waals surface area contributed by atoms with E-state index in [0.717, 1.165) is 30.9 Å². The summed E-state index contributed by atoms with van der Waals surface area (Å²) in [5, 5.41) is 3.04. The van der Waals surface area contributed by atoms with Crippen molar-refractivity contribution in [2.45, 2.75) is 6.42 Å². The van der Waals surface area contributed by atoms with Gasteiger partial charge < -0.3 is 19.7 Å². The molecule has 132 valence electrons. The molecule has 1 aliphatic heterocycles. The lowest BCUT2D eigenvalue weighted by Crippen LogP contribution is -2.31. The van der Waals surface area contributed by atoms with E-state index in [-0.39, 0.29) is 5.91 Å². The van der Waals surface area contributed by atoms with Crippen LogP contribution in [0.4, 0.5) is 5.69 Å². The summed E-state index contributed by atoms with van der Waals surface area (Å²) in [4.78, 5) is 14.7. The second kappa shape index (κ2) is 7.92. The van der Waals surface area contributed by atoms with Gasteiger partial charge in [0, 0.05) is 19.6 Å². The Labute approximate surface area is 148 Å². The highest BCUT2D eigenvalue weighted by atomic mass is 16.5. The second-order valence-electron chi connectivity index (χ2n) is 6.18. The van der Waals surface area contributed by atoms with Gasteiger partial charge in [0.25, 0.3) is 5.91 Å². The van der Waals surface area contributed by atoms with E-state index in [1.54, 1.807) is 26.4 Å². The highest BCUT2D eigenvalue weighted by Gasteiger charge is 2.25. The van der Waals surface area contributed by atoms with Crippen molar-refractivity contribution in [1.29, 1.82) is 0 Å². The zero-order valence-corrected chi connectivity index (χ0v) is 14.7. The predicted molar refractivity (Wildman–Crippen MR) is 98.6 cm³/mol. The number of nitrogens with one attached hydrogen (secondary N) is 1. The summed E-state index contributed by atoms with van der Waals surface area (Å²) in [5.41, 5.74) is 1.69. The summed E-state index contributed by atoms with van der Waals surface area (Å²) in [6.45, 7) is 2.53. The van der Waals surface area contributed by atoms with Crippen LogP contribution in [-0.4, -0.2) is 39.8 Å². The number of nitrogens with zero attached hydrogens (tertiary/aromatic N) is 1. The maximum atomic E-state index is 12.4. The number of carbonyl (C=O) groups is 1. The molecule has 2 aromatic rings. The molecule has 0 spiro atoms. The molecule has 0 radical (unpaired) electrons. The van der Waals surface area contributed by atoms with Gasteiger partial charge in [-0.3, -0.25) is 4.79 Å². The van der Waals surface area contributed by atoms with E-state index in [9.17, 15) is 4.79 Å². The van der Waals surface area contributed by atoms with E-state index in [0.29, 0.717) is 23.8 Å². The SMILES string of the molecule is COc1ccccc1C(=O)NC[C@H]1CCN(c2ccccc2OC)C1. The third kappa shape index (κ3) is 3.87. The van der Waals surface area contributed by atoms with E-state index in [4.69, 9.17) is 9.47 Å². The third-order valence-electron chi connectivity index (χ3n) is 4.61. The molecule has 0 saturated carbocycles. The van der Waals surface area contributed by atoms with Crippen molar-refractivity contribution in [1.82, 2.24) is 5.32 Å². The van der Waals surface area contributed by atoms with E-state index in [1.807, 2.05) is 30.3 Å². The molecule has 1 saturated heterocycles. The maximum absolute atomic E-state index is 12.4. The minimum atomic E-state index is -0.0896. The zero-order valence-electron chi connectivity index (χ0n) is 14.7. The highest BCUT2D eigenvalue weighted by Crippen LogP contribution is 2.31. The summed E-state index contributed by atoms with van der Waals surface area (Å²) < 4.78 is 10.7. The maximum Gasteiger partial charge on any atom is 0.255 e. The van der Waals surface area contributed by atoms with Crippen LogP contribution in [0.15, 0.2) is 48.5 Å². The molecule has 5 heteroatoms. The second-order valence-corrected chi connectivity index (χ2v) is 6.18. The van der Waals surface area contributed by atoms with Gasteiger partial charge in [0.05, 0.1) is 25.5 Å². The number of carbonyl (C=O) groups excluding carboxylic acids is 1. The quantitative estimate of drug-likeness (QED) is 0.878. The summed E-state index contributed by atoms with van der Waals surface area (Å²) >= 11 is 0. The largest absolute Gasteiger partial charge is 0.496 e. The predicted octanol–water partition coefficient (Wildman–Crippen LogP) is 2.96. The first-order valence-electron chi connectivity index (χ1n) is 8.52. The number of amides is 1. The normalized spacial score (nSPS) is 16.6. The van der Waals surface area contributed by atoms with Crippen LogP contribution >= 0.6 is 0 Å². The number of rotatable bonds is 6. The molecule has 1 N–H and O–H groups in total. The lowest BCUT2D eigenvalue weighted by Gasteiger charge is -2.21. The molecule has 1 amide bonds. The molecule has 3 rings (SSSR count). The molecule has 1 fully saturated rings. The Morgan fingerprint density at radius 2 is 1.76 bits per heavy atom. The van der Waals surface area contributed by atoms with Crippen molar-refractivity contribution < 1.29 is 14.3 Å². The summed E-state index contributed by atoms with van der Waals surface area (Å²) in [5.74, 6) is 1.82. The molecule has 25 heavy (non-hydrogen) atoms. The first kappa shape index (κ1) is 17.1. The van der Waals surface area contributed by atoms with Crippen molar-refractivity contribution >= 4 is 11.6 Å². The molecule has 0 aromatic heterocycles. The number of anilines is 1. The summed E-state index contributed by atoms with van der Waals surface area (Å²) in [6, 6.07) is 15.3. The Morgan fingerprint density at radius 1 is 1.08 bits per heavy atom. The first-order chi connectivity index (χ1) is 12.2. The molecule has 1 atom stereocenters. The minimum Gasteiger partial charge on any atom is -0.496 e. The number of methoxy groups -OCH3 is 2. The van der Waals surface area contributed by atoms with Crippen LogP contribution in [0.25, 0.3) is 0 Å². The van der Waals surface area contributed by atoms with Crippen LogP contribution in [0.5, 0.6) is 11.5 Å². The molecular weight excluding hydrogens is 316 g/mol. The van der Waals surface area contributed by atoms with E-state index < -0.39 is 0 Å². The van der Waals surface area contributed by atoms with Gasteiger partial charge in [0.2, 0.25) is 0 Å². The average molecular weight is 340 g/mol. The molecule has 1 aliphatic rings. The third-order valence-corrected chi connectivity index (χ3v) is 4.61. The van der Waals surface area contributed by atoms with Gasteiger partial charge in [-0.2, -0.15) is 0 Å². The number of ether oxygens (including phenoxy) is 2. The molecule has 0 bridgehead atoms. The highest BCUT2D eigenvalue weighted by molar-refractivity contribution is 5.96. The van der Waals surface area contributed by atoms with Crippen LogP contribution in [0.2, 0.25) is 0 Å². The number of para-hydroxylation sites is 3. The van der Waals surface area contributed by atoms with Gasteiger partial charge in [0.15, 0.2) is 0 Å². The van der Waals surface area contributed by atoms with Crippen molar-refractivity contribution in [3.8, 4) is 11.5 Å². The van der Waals surface area contributed by atoms with Crippen molar-refractivity contribution in [3.63, 3.8) is 0 Å². The van der Waals surface area contributed by atoms with Gasteiger partial charge in [-0.15, -0.1) is 0 Å². The van der Waals surface area contributed by atoms with Crippen LogP contribution < -0.4 is 19.7 Å². The van der Waals surface area contributed by atoms with Crippen molar-refractivity contribution in [2.24, 2.45) is 5.92 Å². The fraction of sp³-hybridized carbons (Fsp3) is 0.350. The van der Waals surface area contributed by atoms with Gasteiger partial charge in [0.1, 0.15) is 11.5 Å². The lowest BCUT2D eigenvalue weighted by molar-refractivity contribution is 0.0945. The fourth-order valence-corrected chi connectivity index (χ4v) is 3.27. The first-order valence-corrected chi connectivity index (χ1v) is 8.52. The molecule has 5 nitrogen and oxygen atoms in total. The Morgan fingerprint density at radius 3 is 2.52 bits per heavy atom. The summed E-state index contributed by atoms with van der Waals surface area (Å²) in [6.07, 6.45) is 1.05.